The fraction of sp³-hybridized carbons (Fsp3) is 0.278. The third-order valence-electron chi connectivity index (χ3n) is 4.31. The average molecular weight is 408 g/mol. The van der Waals surface area contributed by atoms with Gasteiger partial charge in [0.1, 0.15) is 23.2 Å². The Morgan fingerprint density at radius 3 is 2.71 bits per heavy atom. The molecule has 3 aromatic rings. The number of aryl methyl sites for hydroxylation is 1. The van der Waals surface area contributed by atoms with Crippen LogP contribution in [0.15, 0.2) is 41.8 Å². The Labute approximate surface area is 162 Å². The van der Waals surface area contributed by atoms with E-state index in [-0.39, 0.29) is 24.9 Å². The van der Waals surface area contributed by atoms with E-state index in [1.165, 1.54) is 28.2 Å². The van der Waals surface area contributed by atoms with E-state index in [4.69, 9.17) is 4.74 Å². The molecule has 4 heterocycles. The molecule has 0 bridgehead atoms. The first-order chi connectivity index (χ1) is 13.3. The van der Waals surface area contributed by atoms with E-state index in [0.717, 1.165) is 16.6 Å². The number of alkyl halides is 3. The SMILES string of the molecule is Cn1nc(-c2cccs2)cc1C(=O)N1CC(Oc2cccc(C(F)(F)F)n2)C1. The molecule has 1 aliphatic rings. The van der Waals surface area contributed by atoms with Gasteiger partial charge in [-0.1, -0.05) is 12.1 Å². The van der Waals surface area contributed by atoms with E-state index in [2.05, 4.69) is 10.1 Å². The van der Waals surface area contributed by atoms with Gasteiger partial charge in [-0.05, 0) is 23.6 Å². The van der Waals surface area contributed by atoms with E-state index in [1.54, 1.807) is 18.0 Å². The molecule has 0 N–H and O–H groups in total. The van der Waals surface area contributed by atoms with E-state index < -0.39 is 18.0 Å². The average Bonchev–Trinajstić information content (AvgIpc) is 3.26. The van der Waals surface area contributed by atoms with Gasteiger partial charge in [-0.15, -0.1) is 11.3 Å². The zero-order chi connectivity index (χ0) is 19.9. The van der Waals surface area contributed by atoms with Crippen LogP contribution in [0, 0.1) is 0 Å². The molecule has 3 aromatic heterocycles. The van der Waals surface area contributed by atoms with Crippen LogP contribution in [0.4, 0.5) is 13.2 Å². The molecular weight excluding hydrogens is 393 g/mol. The van der Waals surface area contributed by atoms with Crippen molar-refractivity contribution in [3.05, 3.63) is 53.2 Å². The van der Waals surface area contributed by atoms with Crippen LogP contribution in [0.3, 0.4) is 0 Å². The molecule has 0 unspecified atom stereocenters. The lowest BCUT2D eigenvalue weighted by atomic mass is 10.1. The molecule has 1 saturated heterocycles. The summed E-state index contributed by atoms with van der Waals surface area (Å²) < 4.78 is 45.2. The quantitative estimate of drug-likeness (QED) is 0.663. The number of hydrogen-bond donors (Lipinski definition) is 0. The number of nitrogens with zero attached hydrogens (tertiary/aromatic N) is 4. The number of amides is 1. The van der Waals surface area contributed by atoms with Crippen LogP contribution in [0.2, 0.25) is 0 Å². The van der Waals surface area contributed by atoms with Crippen molar-refractivity contribution in [2.24, 2.45) is 7.05 Å². The minimum atomic E-state index is -4.53. The maximum atomic E-state index is 12.7. The van der Waals surface area contributed by atoms with Crippen molar-refractivity contribution in [3.63, 3.8) is 0 Å². The van der Waals surface area contributed by atoms with Gasteiger partial charge >= 0.3 is 6.18 Å². The highest BCUT2D eigenvalue weighted by molar-refractivity contribution is 7.13. The largest absolute Gasteiger partial charge is 0.471 e. The first-order valence-corrected chi connectivity index (χ1v) is 9.27. The molecule has 6 nitrogen and oxygen atoms in total. The van der Waals surface area contributed by atoms with Crippen molar-refractivity contribution in [1.29, 1.82) is 0 Å². The zero-order valence-electron chi connectivity index (χ0n) is 14.7. The van der Waals surface area contributed by atoms with Crippen molar-refractivity contribution < 1.29 is 22.7 Å². The first kappa shape index (κ1) is 18.5. The topological polar surface area (TPSA) is 60.2 Å². The Balaban J connectivity index is 1.39. The standard InChI is InChI=1S/C18H15F3N4O2S/c1-24-13(8-12(23-24)14-4-3-7-28-14)17(26)25-9-11(10-25)27-16-6-2-5-15(22-16)18(19,20)21/h2-8,11H,9-10H2,1H3. The number of likely N-dealkylation sites (tertiary alicyclic amines) is 1. The molecule has 0 spiro atoms. The van der Waals surface area contributed by atoms with Crippen LogP contribution < -0.4 is 4.74 Å². The van der Waals surface area contributed by atoms with Crippen molar-refractivity contribution in [3.8, 4) is 16.5 Å². The van der Waals surface area contributed by atoms with Crippen LogP contribution >= 0.6 is 11.3 Å². The van der Waals surface area contributed by atoms with Gasteiger partial charge in [-0.2, -0.15) is 18.3 Å². The minimum absolute atomic E-state index is 0.104. The lowest BCUT2D eigenvalue weighted by molar-refractivity contribution is -0.141. The summed E-state index contributed by atoms with van der Waals surface area (Å²) >= 11 is 1.53. The van der Waals surface area contributed by atoms with Gasteiger partial charge in [0.05, 0.1) is 18.0 Å². The number of pyridine rings is 1. The van der Waals surface area contributed by atoms with Gasteiger partial charge in [0.15, 0.2) is 0 Å². The maximum Gasteiger partial charge on any atom is 0.433 e. The van der Waals surface area contributed by atoms with E-state index in [0.29, 0.717) is 5.69 Å². The van der Waals surface area contributed by atoms with Crippen LogP contribution in [0.1, 0.15) is 16.2 Å². The maximum absolute atomic E-state index is 12.7. The number of aromatic nitrogens is 3. The molecule has 4 rings (SSSR count). The summed E-state index contributed by atoms with van der Waals surface area (Å²) in [4.78, 5) is 18.7. The van der Waals surface area contributed by atoms with Gasteiger partial charge in [-0.3, -0.25) is 9.48 Å². The highest BCUT2D eigenvalue weighted by Gasteiger charge is 2.36. The Morgan fingerprint density at radius 2 is 2.04 bits per heavy atom. The predicted octanol–water partition coefficient (Wildman–Crippen LogP) is 3.47. The molecule has 146 valence electrons. The van der Waals surface area contributed by atoms with Gasteiger partial charge in [0.25, 0.3) is 5.91 Å². The number of halogens is 3. The smallest absolute Gasteiger partial charge is 0.433 e. The molecule has 1 aliphatic heterocycles. The highest BCUT2D eigenvalue weighted by Crippen LogP contribution is 2.29. The summed E-state index contributed by atoms with van der Waals surface area (Å²) in [5.41, 5.74) is 0.162. The molecule has 10 heteroatoms. The third-order valence-corrected chi connectivity index (χ3v) is 5.20. The van der Waals surface area contributed by atoms with Gasteiger partial charge in [0.2, 0.25) is 5.88 Å². The van der Waals surface area contributed by atoms with Crippen molar-refractivity contribution in [2.45, 2.75) is 12.3 Å². The van der Waals surface area contributed by atoms with Crippen molar-refractivity contribution in [2.75, 3.05) is 13.1 Å². The van der Waals surface area contributed by atoms with Gasteiger partial charge < -0.3 is 9.64 Å². The summed E-state index contributed by atoms with van der Waals surface area (Å²) in [6, 6.07) is 9.07. The fourth-order valence-electron chi connectivity index (χ4n) is 2.86. The predicted molar refractivity (Wildman–Crippen MR) is 96.1 cm³/mol. The third kappa shape index (κ3) is 3.59. The van der Waals surface area contributed by atoms with Gasteiger partial charge in [0, 0.05) is 13.1 Å². The number of rotatable bonds is 4. The summed E-state index contributed by atoms with van der Waals surface area (Å²) in [5.74, 6) is -0.304. The molecule has 0 aliphatic carbocycles. The number of carbonyl (C=O) groups excluding carboxylic acids is 1. The van der Waals surface area contributed by atoms with E-state index in [9.17, 15) is 18.0 Å². The number of ether oxygens (including phenoxy) is 1. The summed E-state index contributed by atoms with van der Waals surface area (Å²) in [6.07, 6.45) is -4.93. The molecule has 1 amide bonds. The lowest BCUT2D eigenvalue weighted by Crippen LogP contribution is -2.56. The van der Waals surface area contributed by atoms with E-state index >= 15 is 0 Å². The highest BCUT2D eigenvalue weighted by atomic mass is 32.1. The Hall–Kier alpha value is -2.88. The van der Waals surface area contributed by atoms with Crippen molar-refractivity contribution >= 4 is 17.2 Å². The van der Waals surface area contributed by atoms with Crippen molar-refractivity contribution in [1.82, 2.24) is 19.7 Å². The van der Waals surface area contributed by atoms with Crippen LogP contribution in [0.5, 0.6) is 5.88 Å². The second kappa shape index (κ2) is 6.93. The zero-order valence-corrected chi connectivity index (χ0v) is 15.5. The fourth-order valence-corrected chi connectivity index (χ4v) is 3.54. The van der Waals surface area contributed by atoms with Crippen LogP contribution in [0.25, 0.3) is 10.6 Å². The summed E-state index contributed by atoms with van der Waals surface area (Å²) in [7, 11) is 1.70. The number of carbonyl (C=O) groups is 1. The molecule has 0 radical (unpaired) electrons. The van der Waals surface area contributed by atoms with Crippen LogP contribution in [-0.2, 0) is 13.2 Å². The second-order valence-electron chi connectivity index (χ2n) is 6.32. The molecule has 0 atom stereocenters. The summed E-state index contributed by atoms with van der Waals surface area (Å²) in [5, 5.41) is 6.30. The molecule has 1 fully saturated rings. The molecule has 0 aromatic carbocycles. The van der Waals surface area contributed by atoms with E-state index in [1.807, 2.05) is 17.5 Å². The normalized spacial score (nSPS) is 14.8. The monoisotopic (exact) mass is 408 g/mol. The molecule has 0 saturated carbocycles. The minimum Gasteiger partial charge on any atom is -0.471 e. The second-order valence-corrected chi connectivity index (χ2v) is 7.27. The van der Waals surface area contributed by atoms with Gasteiger partial charge in [-0.25, -0.2) is 4.98 Å². The first-order valence-electron chi connectivity index (χ1n) is 8.39. The molecule has 28 heavy (non-hydrogen) atoms. The van der Waals surface area contributed by atoms with Crippen LogP contribution in [-0.4, -0.2) is 44.8 Å². The Kier molecular flexibility index (Phi) is 4.58. The molecular formula is C18H15F3N4O2S. The number of thiophene rings is 1. The Morgan fingerprint density at radius 1 is 1.25 bits per heavy atom. The lowest BCUT2D eigenvalue weighted by Gasteiger charge is -2.38. The summed E-state index contributed by atoms with van der Waals surface area (Å²) in [6.45, 7) is 0.548. The Bertz CT molecular complexity index is 995. The number of hydrogen-bond acceptors (Lipinski definition) is 5.